The van der Waals surface area contributed by atoms with Crippen molar-refractivity contribution < 1.29 is 27.0 Å². The van der Waals surface area contributed by atoms with Gasteiger partial charge in [-0.3, -0.25) is 4.90 Å². The fourth-order valence-electron chi connectivity index (χ4n) is 3.40. The number of pyridine rings is 1. The molecule has 2 aromatic rings. The molecule has 1 fully saturated rings. The Balaban J connectivity index is 1.42. The summed E-state index contributed by atoms with van der Waals surface area (Å²) in [6.45, 7) is 4.77. The summed E-state index contributed by atoms with van der Waals surface area (Å²) in [7, 11) is 0. The molecule has 0 bridgehead atoms. The van der Waals surface area contributed by atoms with Gasteiger partial charge in [0.1, 0.15) is 24.8 Å². The number of alkyl halides is 3. The van der Waals surface area contributed by atoms with Gasteiger partial charge in [-0.15, -0.1) is 0 Å². The van der Waals surface area contributed by atoms with Crippen LogP contribution < -0.4 is 14.4 Å². The van der Waals surface area contributed by atoms with Crippen LogP contribution in [0.15, 0.2) is 18.5 Å². The molecule has 1 atom stereocenters. The van der Waals surface area contributed by atoms with Crippen molar-refractivity contribution in [3.05, 3.63) is 35.7 Å². The first kappa shape index (κ1) is 19.6. The lowest BCUT2D eigenvalue weighted by Gasteiger charge is -2.38. The summed E-state index contributed by atoms with van der Waals surface area (Å²) in [5.41, 5.74) is -0.745. The van der Waals surface area contributed by atoms with E-state index >= 15 is 0 Å². The second kappa shape index (κ2) is 7.62. The van der Waals surface area contributed by atoms with E-state index in [1.165, 1.54) is 6.07 Å². The average molecular weight is 413 g/mol. The number of aromatic nitrogens is 3. The van der Waals surface area contributed by atoms with Crippen LogP contribution >= 0.6 is 0 Å². The minimum Gasteiger partial charge on any atom is -0.484 e. The zero-order valence-corrected chi connectivity index (χ0v) is 15.6. The molecule has 4 heterocycles. The molecule has 7 nitrogen and oxygen atoms in total. The number of hydrogen-bond donors (Lipinski definition) is 0. The van der Waals surface area contributed by atoms with Crippen LogP contribution in [0.3, 0.4) is 0 Å². The number of anilines is 1. The molecule has 2 aliphatic rings. The highest BCUT2D eigenvalue weighted by molar-refractivity contribution is 5.38. The maximum Gasteiger partial charge on any atom is 0.434 e. The van der Waals surface area contributed by atoms with Gasteiger partial charge in [0.2, 0.25) is 0 Å². The molecule has 2 aromatic heterocycles. The van der Waals surface area contributed by atoms with Crippen LogP contribution in [0.25, 0.3) is 0 Å². The van der Waals surface area contributed by atoms with E-state index in [1.807, 2.05) is 11.8 Å². The Labute approximate surface area is 164 Å². The molecule has 0 radical (unpaired) electrons. The van der Waals surface area contributed by atoms with Crippen LogP contribution in [0.1, 0.15) is 24.4 Å². The molecule has 0 amide bonds. The highest BCUT2D eigenvalue weighted by Gasteiger charge is 2.33. The van der Waals surface area contributed by atoms with Crippen molar-refractivity contribution in [2.45, 2.75) is 19.1 Å². The Bertz CT molecular complexity index is 870. The molecule has 0 N–H and O–H groups in total. The van der Waals surface area contributed by atoms with E-state index in [0.29, 0.717) is 51.0 Å². The maximum absolute atomic E-state index is 14.5. The van der Waals surface area contributed by atoms with Crippen molar-refractivity contribution in [2.24, 2.45) is 0 Å². The van der Waals surface area contributed by atoms with E-state index in [-0.39, 0.29) is 17.6 Å². The fraction of sp³-hybridized carbons (Fsp3) is 0.500. The quantitative estimate of drug-likeness (QED) is 0.717. The fourth-order valence-corrected chi connectivity index (χ4v) is 3.40. The number of rotatable bonds is 3. The molecule has 4 rings (SSSR count). The lowest BCUT2D eigenvalue weighted by Crippen LogP contribution is -2.47. The van der Waals surface area contributed by atoms with E-state index in [0.717, 1.165) is 12.4 Å². The molecule has 0 saturated carbocycles. The van der Waals surface area contributed by atoms with Gasteiger partial charge >= 0.3 is 6.18 Å². The minimum absolute atomic E-state index is 0.275. The summed E-state index contributed by atoms with van der Waals surface area (Å²) >= 11 is 0. The molecule has 156 valence electrons. The summed E-state index contributed by atoms with van der Waals surface area (Å²) in [6, 6.07) is 0.994. The Morgan fingerprint density at radius 1 is 1.03 bits per heavy atom. The monoisotopic (exact) mass is 413 g/mol. The summed E-state index contributed by atoms with van der Waals surface area (Å²) in [5, 5.41) is 0. The van der Waals surface area contributed by atoms with Gasteiger partial charge in [0, 0.05) is 32.2 Å². The van der Waals surface area contributed by atoms with Gasteiger partial charge in [0.25, 0.3) is 5.88 Å². The third kappa shape index (κ3) is 4.04. The van der Waals surface area contributed by atoms with Crippen molar-refractivity contribution in [3.8, 4) is 11.6 Å². The Morgan fingerprint density at radius 3 is 2.41 bits per heavy atom. The molecular weight excluding hydrogens is 394 g/mol. The second-order valence-electron chi connectivity index (χ2n) is 6.81. The molecule has 11 heteroatoms. The smallest absolute Gasteiger partial charge is 0.434 e. The Hall–Kier alpha value is -2.69. The zero-order chi connectivity index (χ0) is 20.6. The van der Waals surface area contributed by atoms with Crippen LogP contribution in [0.5, 0.6) is 11.6 Å². The second-order valence-corrected chi connectivity index (χ2v) is 6.81. The Kier molecular flexibility index (Phi) is 5.15. The lowest BCUT2D eigenvalue weighted by molar-refractivity contribution is -0.141. The summed E-state index contributed by atoms with van der Waals surface area (Å²) in [4.78, 5) is 15.5. The molecule has 29 heavy (non-hydrogen) atoms. The summed E-state index contributed by atoms with van der Waals surface area (Å²) in [5.74, 6) is 0.514. The average Bonchev–Trinajstić information content (AvgIpc) is 2.72. The molecule has 2 aliphatic heterocycles. The SMILES string of the molecule is CC(c1nc2c(cc1F)OCCO2)N1CCN(c2cnc(C(F)(F)F)cn2)CC1. The van der Waals surface area contributed by atoms with E-state index in [1.54, 1.807) is 0 Å². The van der Waals surface area contributed by atoms with Gasteiger partial charge in [-0.2, -0.15) is 13.2 Å². The first-order valence-corrected chi connectivity index (χ1v) is 9.17. The Morgan fingerprint density at radius 2 is 1.76 bits per heavy atom. The molecule has 0 aromatic carbocycles. The van der Waals surface area contributed by atoms with Crippen LogP contribution in [-0.4, -0.2) is 59.2 Å². The van der Waals surface area contributed by atoms with Crippen molar-refractivity contribution >= 4 is 5.82 Å². The third-order valence-corrected chi connectivity index (χ3v) is 5.03. The van der Waals surface area contributed by atoms with Gasteiger partial charge in [-0.05, 0) is 6.92 Å². The predicted octanol–water partition coefficient (Wildman–Crippen LogP) is 2.68. The van der Waals surface area contributed by atoms with Crippen LogP contribution in [-0.2, 0) is 6.18 Å². The van der Waals surface area contributed by atoms with Crippen molar-refractivity contribution in [1.29, 1.82) is 0 Å². The van der Waals surface area contributed by atoms with Crippen LogP contribution in [0, 0.1) is 5.82 Å². The number of fused-ring (bicyclic) bond motifs is 1. The summed E-state index contributed by atoms with van der Waals surface area (Å²) < 4.78 is 63.2. The largest absolute Gasteiger partial charge is 0.484 e. The normalized spacial score (nSPS) is 18.6. The zero-order valence-electron chi connectivity index (χ0n) is 15.6. The highest BCUT2D eigenvalue weighted by atomic mass is 19.4. The van der Waals surface area contributed by atoms with E-state index in [4.69, 9.17) is 9.47 Å². The van der Waals surface area contributed by atoms with Crippen LogP contribution in [0.4, 0.5) is 23.4 Å². The first-order valence-electron chi connectivity index (χ1n) is 9.17. The van der Waals surface area contributed by atoms with Gasteiger partial charge in [-0.1, -0.05) is 0 Å². The number of hydrogen-bond acceptors (Lipinski definition) is 7. The number of halogens is 4. The number of ether oxygens (including phenoxy) is 2. The minimum atomic E-state index is -4.51. The first-order chi connectivity index (χ1) is 13.8. The van der Waals surface area contributed by atoms with Gasteiger partial charge in [-0.25, -0.2) is 19.3 Å². The van der Waals surface area contributed by atoms with Crippen molar-refractivity contribution in [2.75, 3.05) is 44.3 Å². The van der Waals surface area contributed by atoms with Crippen LogP contribution in [0.2, 0.25) is 0 Å². The molecule has 0 spiro atoms. The number of piperazine rings is 1. The summed E-state index contributed by atoms with van der Waals surface area (Å²) in [6.07, 6.45) is -2.65. The van der Waals surface area contributed by atoms with E-state index < -0.39 is 17.7 Å². The van der Waals surface area contributed by atoms with Gasteiger partial charge in [0.05, 0.1) is 24.1 Å². The maximum atomic E-state index is 14.5. The van der Waals surface area contributed by atoms with Crippen molar-refractivity contribution in [3.63, 3.8) is 0 Å². The topological polar surface area (TPSA) is 63.6 Å². The van der Waals surface area contributed by atoms with Crippen molar-refractivity contribution in [1.82, 2.24) is 19.9 Å². The van der Waals surface area contributed by atoms with Gasteiger partial charge < -0.3 is 14.4 Å². The molecule has 1 unspecified atom stereocenters. The van der Waals surface area contributed by atoms with Gasteiger partial charge in [0.15, 0.2) is 11.4 Å². The van der Waals surface area contributed by atoms with E-state index in [2.05, 4.69) is 19.9 Å². The molecule has 0 aliphatic carbocycles. The third-order valence-electron chi connectivity index (χ3n) is 5.03. The highest BCUT2D eigenvalue weighted by Crippen LogP contribution is 2.33. The molecule has 1 saturated heterocycles. The van der Waals surface area contributed by atoms with E-state index in [9.17, 15) is 17.6 Å². The standard InChI is InChI=1S/C18H19F4N5O2/c1-11(16-12(19)8-13-17(25-16)29-7-6-28-13)26-2-4-27(5-3-26)15-10-23-14(9-24-15)18(20,21)22/h8-11H,2-7H2,1H3. The predicted molar refractivity (Wildman–Crippen MR) is 94.4 cm³/mol. The molecular formula is C18H19F4N5O2. The number of nitrogens with zero attached hydrogens (tertiary/aromatic N) is 5. The lowest BCUT2D eigenvalue weighted by atomic mass is 10.1.